The van der Waals surface area contributed by atoms with Crippen LogP contribution in [0.4, 0.5) is 5.82 Å². The second-order valence-corrected chi connectivity index (χ2v) is 7.93. The first kappa shape index (κ1) is 14.9. The lowest BCUT2D eigenvalue weighted by Crippen LogP contribution is -2.37. The average molecular weight is 293 g/mol. The van der Waals surface area contributed by atoms with E-state index in [4.69, 9.17) is 5.73 Å². The van der Waals surface area contributed by atoms with Crippen molar-refractivity contribution in [1.82, 2.24) is 9.71 Å². The highest BCUT2D eigenvalue weighted by molar-refractivity contribution is 7.91. The van der Waals surface area contributed by atoms with Crippen molar-refractivity contribution in [1.29, 1.82) is 0 Å². The molecule has 0 aromatic carbocycles. The third-order valence-corrected chi connectivity index (χ3v) is 4.66. The molecule has 1 unspecified atom stereocenters. The zero-order valence-electron chi connectivity index (χ0n) is 9.99. The van der Waals surface area contributed by atoms with E-state index in [0.717, 1.165) is 6.26 Å². The van der Waals surface area contributed by atoms with E-state index in [1.165, 1.54) is 25.3 Å². The number of hydrogen-bond donors (Lipinski definition) is 2. The second kappa shape index (κ2) is 5.21. The summed E-state index contributed by atoms with van der Waals surface area (Å²) in [5.74, 6) is -0.194. The van der Waals surface area contributed by atoms with Gasteiger partial charge < -0.3 is 5.73 Å². The molecule has 1 rings (SSSR count). The Labute approximate surface area is 106 Å². The van der Waals surface area contributed by atoms with Crippen LogP contribution < -0.4 is 10.5 Å². The smallest absolute Gasteiger partial charge is 0.241 e. The van der Waals surface area contributed by atoms with Crippen molar-refractivity contribution in [3.8, 4) is 0 Å². The summed E-state index contributed by atoms with van der Waals surface area (Å²) in [5, 5.41) is 0. The molecule has 0 radical (unpaired) electrons. The Hall–Kier alpha value is -1.19. The van der Waals surface area contributed by atoms with Gasteiger partial charge in [-0.15, -0.1) is 0 Å². The molecule has 1 heterocycles. The molecule has 3 N–H and O–H groups in total. The van der Waals surface area contributed by atoms with E-state index in [1.54, 1.807) is 0 Å². The molecular weight excluding hydrogens is 278 g/mol. The number of rotatable bonds is 5. The summed E-state index contributed by atoms with van der Waals surface area (Å²) in [5.41, 5.74) is 5.39. The van der Waals surface area contributed by atoms with Gasteiger partial charge in [0.05, 0.1) is 10.6 Å². The third kappa shape index (κ3) is 4.59. The molecule has 7 nitrogen and oxygen atoms in total. The van der Waals surface area contributed by atoms with Gasteiger partial charge in [-0.2, -0.15) is 0 Å². The standard InChI is InChI=1S/C9H15N3O4S2/c1-7(6-17(2,13)14)12-18(15,16)8-3-4-11-9(10)5-8/h3-5,7,12H,6H2,1-2H3,(H2,10,11). The van der Waals surface area contributed by atoms with Crippen molar-refractivity contribution in [3.05, 3.63) is 18.3 Å². The van der Waals surface area contributed by atoms with E-state index < -0.39 is 25.9 Å². The van der Waals surface area contributed by atoms with E-state index in [9.17, 15) is 16.8 Å². The van der Waals surface area contributed by atoms with Crippen molar-refractivity contribution in [2.75, 3.05) is 17.7 Å². The Morgan fingerprint density at radius 3 is 2.50 bits per heavy atom. The Balaban J connectivity index is 2.89. The second-order valence-electron chi connectivity index (χ2n) is 4.03. The maximum Gasteiger partial charge on any atom is 0.241 e. The van der Waals surface area contributed by atoms with Crippen LogP contribution in [-0.2, 0) is 19.9 Å². The van der Waals surface area contributed by atoms with Crippen LogP contribution in [0.2, 0.25) is 0 Å². The summed E-state index contributed by atoms with van der Waals surface area (Å²) in [4.78, 5) is 3.64. The Morgan fingerprint density at radius 1 is 1.39 bits per heavy atom. The van der Waals surface area contributed by atoms with E-state index in [0.29, 0.717) is 0 Å². The summed E-state index contributed by atoms with van der Waals surface area (Å²) in [6, 6.07) is 1.76. The molecule has 102 valence electrons. The summed E-state index contributed by atoms with van der Waals surface area (Å²) < 4.78 is 48.2. The lowest BCUT2D eigenvalue weighted by Gasteiger charge is -2.13. The maximum absolute atomic E-state index is 11.9. The summed E-state index contributed by atoms with van der Waals surface area (Å²) in [7, 11) is -7.04. The monoisotopic (exact) mass is 293 g/mol. The highest BCUT2D eigenvalue weighted by atomic mass is 32.2. The van der Waals surface area contributed by atoms with Gasteiger partial charge in [-0.05, 0) is 13.0 Å². The summed E-state index contributed by atoms with van der Waals surface area (Å²) in [6.07, 6.45) is 2.31. The molecule has 0 spiro atoms. The van der Waals surface area contributed by atoms with Gasteiger partial charge in [0, 0.05) is 24.6 Å². The normalized spacial score (nSPS) is 14.3. The van der Waals surface area contributed by atoms with Gasteiger partial charge >= 0.3 is 0 Å². The molecule has 18 heavy (non-hydrogen) atoms. The van der Waals surface area contributed by atoms with Gasteiger partial charge in [-0.1, -0.05) is 0 Å². The highest BCUT2D eigenvalue weighted by Crippen LogP contribution is 2.11. The minimum atomic E-state index is -3.79. The summed E-state index contributed by atoms with van der Waals surface area (Å²) in [6.45, 7) is 1.48. The van der Waals surface area contributed by atoms with Crippen molar-refractivity contribution in [2.24, 2.45) is 0 Å². The van der Waals surface area contributed by atoms with Crippen LogP contribution in [0, 0.1) is 0 Å². The van der Waals surface area contributed by atoms with Crippen LogP contribution in [0.3, 0.4) is 0 Å². The van der Waals surface area contributed by atoms with E-state index in [-0.39, 0.29) is 16.5 Å². The van der Waals surface area contributed by atoms with Crippen LogP contribution >= 0.6 is 0 Å². The van der Waals surface area contributed by atoms with Crippen molar-refractivity contribution in [2.45, 2.75) is 17.9 Å². The molecule has 0 aliphatic carbocycles. The zero-order valence-corrected chi connectivity index (χ0v) is 11.6. The fraction of sp³-hybridized carbons (Fsp3) is 0.444. The number of aromatic nitrogens is 1. The topological polar surface area (TPSA) is 119 Å². The number of nitrogens with one attached hydrogen (secondary N) is 1. The predicted molar refractivity (Wildman–Crippen MR) is 68.1 cm³/mol. The molecule has 1 aromatic rings. The Morgan fingerprint density at radius 2 is 2.00 bits per heavy atom. The molecule has 0 aliphatic heterocycles. The van der Waals surface area contributed by atoms with Crippen molar-refractivity contribution >= 4 is 25.7 Å². The molecule has 1 atom stereocenters. The molecule has 0 saturated carbocycles. The van der Waals surface area contributed by atoms with E-state index in [2.05, 4.69) is 9.71 Å². The van der Waals surface area contributed by atoms with Gasteiger partial charge in [-0.25, -0.2) is 26.5 Å². The third-order valence-electron chi connectivity index (χ3n) is 1.97. The Kier molecular flexibility index (Phi) is 4.30. The zero-order chi connectivity index (χ0) is 14.0. The van der Waals surface area contributed by atoms with Crippen molar-refractivity contribution in [3.63, 3.8) is 0 Å². The number of hydrogen-bond acceptors (Lipinski definition) is 6. The lowest BCUT2D eigenvalue weighted by molar-refractivity contribution is 0.564. The molecule has 0 saturated heterocycles. The molecular formula is C9H15N3O4S2. The fourth-order valence-corrected chi connectivity index (χ4v) is 3.78. The van der Waals surface area contributed by atoms with Gasteiger partial charge in [0.1, 0.15) is 15.7 Å². The molecule has 0 bridgehead atoms. The van der Waals surface area contributed by atoms with Crippen molar-refractivity contribution < 1.29 is 16.8 Å². The largest absolute Gasteiger partial charge is 0.384 e. The number of sulfonamides is 1. The number of pyridine rings is 1. The van der Waals surface area contributed by atoms with Crippen LogP contribution in [0.15, 0.2) is 23.2 Å². The molecule has 0 amide bonds. The van der Waals surface area contributed by atoms with Gasteiger partial charge in [0.2, 0.25) is 10.0 Å². The molecule has 0 aliphatic rings. The SMILES string of the molecule is CC(CS(C)(=O)=O)NS(=O)(=O)c1ccnc(N)c1. The Bertz CT molecular complexity index is 625. The number of nitrogen functional groups attached to an aromatic ring is 1. The first-order valence-electron chi connectivity index (χ1n) is 5.02. The van der Waals surface area contributed by atoms with Crippen LogP contribution in [0.25, 0.3) is 0 Å². The first-order chi connectivity index (χ1) is 8.10. The molecule has 0 fully saturated rings. The van der Waals surface area contributed by atoms with Gasteiger partial charge in [-0.3, -0.25) is 0 Å². The molecule has 9 heteroatoms. The molecule has 1 aromatic heterocycles. The van der Waals surface area contributed by atoms with Crippen LogP contribution in [0.1, 0.15) is 6.92 Å². The van der Waals surface area contributed by atoms with Crippen LogP contribution in [-0.4, -0.2) is 39.9 Å². The minimum Gasteiger partial charge on any atom is -0.384 e. The van der Waals surface area contributed by atoms with E-state index in [1.807, 2.05) is 0 Å². The number of anilines is 1. The van der Waals surface area contributed by atoms with Gasteiger partial charge in [0.15, 0.2) is 0 Å². The first-order valence-corrected chi connectivity index (χ1v) is 8.56. The predicted octanol–water partition coefficient (Wildman–Crippen LogP) is -0.625. The fourth-order valence-electron chi connectivity index (χ4n) is 1.42. The average Bonchev–Trinajstić information content (AvgIpc) is 2.13. The number of nitrogens with zero attached hydrogens (tertiary/aromatic N) is 1. The quantitative estimate of drug-likeness (QED) is 0.746. The highest BCUT2D eigenvalue weighted by Gasteiger charge is 2.20. The maximum atomic E-state index is 11.9. The number of sulfone groups is 1. The summed E-state index contributed by atoms with van der Waals surface area (Å²) >= 11 is 0. The van der Waals surface area contributed by atoms with Gasteiger partial charge in [0.25, 0.3) is 0 Å². The minimum absolute atomic E-state index is 0.0460. The lowest BCUT2D eigenvalue weighted by atomic mass is 10.4. The number of nitrogens with two attached hydrogens (primary N) is 1. The van der Waals surface area contributed by atoms with Crippen LogP contribution in [0.5, 0.6) is 0 Å². The van der Waals surface area contributed by atoms with E-state index >= 15 is 0 Å².